The molecule has 2 heterocycles. The summed E-state index contributed by atoms with van der Waals surface area (Å²) >= 11 is 1.35. The molecule has 0 aromatic carbocycles. The molecule has 7 heteroatoms. The molecule has 1 unspecified atom stereocenters. The molecule has 0 aliphatic heterocycles. The molecule has 6 nitrogen and oxygen atoms in total. The van der Waals surface area contributed by atoms with Crippen molar-refractivity contribution < 1.29 is 14.3 Å². The van der Waals surface area contributed by atoms with Crippen LogP contribution in [0.2, 0.25) is 0 Å². The summed E-state index contributed by atoms with van der Waals surface area (Å²) in [6, 6.07) is 3.59. The van der Waals surface area contributed by atoms with Gasteiger partial charge in [-0.25, -0.2) is 4.98 Å². The largest absolute Gasteiger partial charge is 0.467 e. The van der Waals surface area contributed by atoms with Gasteiger partial charge in [0, 0.05) is 7.05 Å². The minimum atomic E-state index is -0.280. The van der Waals surface area contributed by atoms with Crippen LogP contribution in [0.4, 0.5) is 0 Å². The summed E-state index contributed by atoms with van der Waals surface area (Å²) in [4.78, 5) is 16.2. The number of carbonyl (C=O) groups is 1. The van der Waals surface area contributed by atoms with Gasteiger partial charge >= 0.3 is 0 Å². The van der Waals surface area contributed by atoms with Crippen molar-refractivity contribution in [3.8, 4) is 0 Å². The van der Waals surface area contributed by atoms with Gasteiger partial charge in [0.05, 0.1) is 36.6 Å². The number of aliphatic hydroxyl groups is 1. The van der Waals surface area contributed by atoms with Crippen LogP contribution in [-0.2, 0) is 25.0 Å². The molecule has 0 bridgehead atoms. The number of amides is 1. The lowest BCUT2D eigenvalue weighted by molar-refractivity contribution is -0.120. The topological polar surface area (TPSA) is 80.3 Å². The molecule has 0 spiro atoms. The highest BCUT2D eigenvalue weighted by atomic mass is 32.2. The zero-order valence-electron chi connectivity index (χ0n) is 11.4. The Hall–Kier alpha value is -1.73. The van der Waals surface area contributed by atoms with Crippen LogP contribution in [0.5, 0.6) is 0 Å². The Morgan fingerprint density at radius 3 is 3.05 bits per heavy atom. The molecule has 0 aliphatic rings. The van der Waals surface area contributed by atoms with Gasteiger partial charge in [0.2, 0.25) is 5.91 Å². The lowest BCUT2D eigenvalue weighted by Crippen LogP contribution is -2.30. The second-order valence-electron chi connectivity index (χ2n) is 4.31. The minimum absolute atomic E-state index is 0.0663. The zero-order valence-corrected chi connectivity index (χ0v) is 12.2. The first-order chi connectivity index (χ1) is 9.61. The van der Waals surface area contributed by atoms with E-state index in [4.69, 9.17) is 9.52 Å². The molecule has 2 rings (SSSR count). The predicted octanol–water partition coefficient (Wildman–Crippen LogP) is 1.30. The summed E-state index contributed by atoms with van der Waals surface area (Å²) < 4.78 is 6.93. The molecule has 0 aliphatic carbocycles. The number of rotatable bonds is 6. The van der Waals surface area contributed by atoms with E-state index in [9.17, 15) is 4.79 Å². The van der Waals surface area contributed by atoms with Crippen molar-refractivity contribution in [2.45, 2.75) is 30.5 Å². The van der Waals surface area contributed by atoms with E-state index < -0.39 is 0 Å². The van der Waals surface area contributed by atoms with Crippen LogP contribution in [0.3, 0.4) is 0 Å². The molecule has 108 valence electrons. The van der Waals surface area contributed by atoms with E-state index >= 15 is 0 Å². The van der Waals surface area contributed by atoms with Crippen LogP contribution >= 0.6 is 11.8 Å². The van der Waals surface area contributed by atoms with Gasteiger partial charge < -0.3 is 19.4 Å². The highest BCUT2D eigenvalue weighted by Crippen LogP contribution is 2.22. The standard InChI is InChI=1S/C13H17N3O3S/c1-9(12(18)14-7-11-4-3-5-19-11)20-13-15-6-10(8-17)16(13)2/h3-6,9,17H,7-8H2,1-2H3,(H,14,18). The Balaban J connectivity index is 1.88. The fraction of sp³-hybridized carbons (Fsp3) is 0.385. The van der Waals surface area contributed by atoms with Gasteiger partial charge in [-0.3, -0.25) is 4.79 Å². The monoisotopic (exact) mass is 295 g/mol. The maximum Gasteiger partial charge on any atom is 0.233 e. The number of aromatic nitrogens is 2. The van der Waals surface area contributed by atoms with Gasteiger partial charge in [-0.2, -0.15) is 0 Å². The smallest absolute Gasteiger partial charge is 0.233 e. The number of carbonyl (C=O) groups excluding carboxylic acids is 1. The number of aliphatic hydroxyl groups excluding tert-OH is 1. The third kappa shape index (κ3) is 3.43. The van der Waals surface area contributed by atoms with Crippen molar-refractivity contribution in [2.75, 3.05) is 0 Å². The quantitative estimate of drug-likeness (QED) is 0.785. The van der Waals surface area contributed by atoms with E-state index in [0.717, 1.165) is 11.5 Å². The van der Waals surface area contributed by atoms with Crippen molar-refractivity contribution in [1.82, 2.24) is 14.9 Å². The van der Waals surface area contributed by atoms with E-state index in [-0.39, 0.29) is 17.8 Å². The van der Waals surface area contributed by atoms with Crippen LogP contribution in [0, 0.1) is 0 Å². The highest BCUT2D eigenvalue weighted by Gasteiger charge is 2.17. The lowest BCUT2D eigenvalue weighted by atomic mass is 10.4. The first-order valence-corrected chi connectivity index (χ1v) is 7.08. The summed E-state index contributed by atoms with van der Waals surface area (Å²) in [5.41, 5.74) is 0.718. The van der Waals surface area contributed by atoms with Gasteiger partial charge in [-0.1, -0.05) is 11.8 Å². The molecule has 2 aromatic heterocycles. The molecule has 1 amide bonds. The SMILES string of the molecule is CC(Sc1ncc(CO)n1C)C(=O)NCc1ccco1. The van der Waals surface area contributed by atoms with Gasteiger partial charge in [-0.15, -0.1) is 0 Å². The molecule has 0 saturated heterocycles. The van der Waals surface area contributed by atoms with E-state index in [1.807, 2.05) is 20.0 Å². The molecule has 0 radical (unpaired) electrons. The maximum atomic E-state index is 12.0. The van der Waals surface area contributed by atoms with Crippen molar-refractivity contribution in [1.29, 1.82) is 0 Å². The molecule has 1 atom stereocenters. The fourth-order valence-corrected chi connectivity index (χ4v) is 2.52. The number of imidazole rings is 1. The Labute approximate surface area is 121 Å². The average Bonchev–Trinajstić information content (AvgIpc) is 3.07. The van der Waals surface area contributed by atoms with Gasteiger partial charge in [0.15, 0.2) is 5.16 Å². The fourth-order valence-electron chi connectivity index (χ4n) is 1.62. The van der Waals surface area contributed by atoms with E-state index in [0.29, 0.717) is 11.7 Å². The second kappa shape index (κ2) is 6.62. The summed E-state index contributed by atoms with van der Waals surface area (Å²) in [6.07, 6.45) is 3.18. The van der Waals surface area contributed by atoms with Crippen LogP contribution < -0.4 is 5.32 Å². The van der Waals surface area contributed by atoms with Crippen molar-refractivity contribution in [2.24, 2.45) is 7.05 Å². The highest BCUT2D eigenvalue weighted by molar-refractivity contribution is 8.00. The Morgan fingerprint density at radius 2 is 2.45 bits per heavy atom. The number of nitrogens with zero attached hydrogens (tertiary/aromatic N) is 2. The average molecular weight is 295 g/mol. The number of hydrogen-bond donors (Lipinski definition) is 2. The molecular formula is C13H17N3O3S. The first-order valence-electron chi connectivity index (χ1n) is 6.20. The minimum Gasteiger partial charge on any atom is -0.467 e. The summed E-state index contributed by atoms with van der Waals surface area (Å²) in [7, 11) is 1.81. The normalized spacial score (nSPS) is 12.3. The third-order valence-electron chi connectivity index (χ3n) is 2.87. The van der Waals surface area contributed by atoms with Crippen LogP contribution in [0.15, 0.2) is 34.2 Å². The summed E-state index contributed by atoms with van der Waals surface area (Å²) in [6.45, 7) is 2.12. The molecular weight excluding hydrogens is 278 g/mol. The van der Waals surface area contributed by atoms with E-state index in [2.05, 4.69) is 10.3 Å². The van der Waals surface area contributed by atoms with Crippen LogP contribution in [0.1, 0.15) is 18.4 Å². The van der Waals surface area contributed by atoms with Crippen LogP contribution in [-0.4, -0.2) is 25.8 Å². The molecule has 2 aromatic rings. The molecule has 0 fully saturated rings. The molecule has 2 N–H and O–H groups in total. The lowest BCUT2D eigenvalue weighted by Gasteiger charge is -2.11. The number of thioether (sulfide) groups is 1. The number of furan rings is 1. The van der Waals surface area contributed by atoms with Gasteiger partial charge in [-0.05, 0) is 19.1 Å². The second-order valence-corrected chi connectivity index (χ2v) is 5.61. The van der Waals surface area contributed by atoms with Crippen molar-refractivity contribution >= 4 is 17.7 Å². The predicted molar refractivity (Wildman–Crippen MR) is 75.0 cm³/mol. The number of nitrogens with one attached hydrogen (secondary N) is 1. The summed E-state index contributed by atoms with van der Waals surface area (Å²) in [5, 5.41) is 12.3. The van der Waals surface area contributed by atoms with Crippen LogP contribution in [0.25, 0.3) is 0 Å². The first kappa shape index (κ1) is 14.7. The number of hydrogen-bond acceptors (Lipinski definition) is 5. The third-order valence-corrected chi connectivity index (χ3v) is 4.03. The summed E-state index contributed by atoms with van der Waals surface area (Å²) in [5.74, 6) is 0.634. The zero-order chi connectivity index (χ0) is 14.5. The Bertz CT molecular complexity index is 565. The Kier molecular flexibility index (Phi) is 4.86. The molecule has 20 heavy (non-hydrogen) atoms. The van der Waals surface area contributed by atoms with E-state index in [1.165, 1.54) is 11.8 Å². The Morgan fingerprint density at radius 1 is 1.65 bits per heavy atom. The maximum absolute atomic E-state index is 12.0. The van der Waals surface area contributed by atoms with Crippen molar-refractivity contribution in [3.05, 3.63) is 36.0 Å². The van der Waals surface area contributed by atoms with Crippen molar-refractivity contribution in [3.63, 3.8) is 0 Å². The van der Waals surface area contributed by atoms with Gasteiger partial charge in [0.1, 0.15) is 5.76 Å². The van der Waals surface area contributed by atoms with Gasteiger partial charge in [0.25, 0.3) is 0 Å². The molecule has 0 saturated carbocycles. The van der Waals surface area contributed by atoms with E-state index in [1.54, 1.807) is 23.1 Å².